The number of phenols is 1. The summed E-state index contributed by atoms with van der Waals surface area (Å²) in [4.78, 5) is 0. The molecule has 1 fully saturated rings. The van der Waals surface area contributed by atoms with Gasteiger partial charge in [0, 0.05) is 17.3 Å². The molecular weight excluding hydrogens is 246 g/mol. The molecule has 1 aliphatic rings. The van der Waals surface area contributed by atoms with E-state index in [1.807, 2.05) is 19.9 Å². The Kier molecular flexibility index (Phi) is 4.31. The molecule has 0 bridgehead atoms. The second-order valence-corrected chi connectivity index (χ2v) is 7.46. The van der Waals surface area contributed by atoms with E-state index in [4.69, 9.17) is 0 Å². The first-order valence-electron chi connectivity index (χ1n) is 7.84. The molecule has 0 unspecified atom stereocenters. The van der Waals surface area contributed by atoms with Crippen LogP contribution in [0.5, 0.6) is 5.75 Å². The van der Waals surface area contributed by atoms with Gasteiger partial charge in [0.15, 0.2) is 0 Å². The summed E-state index contributed by atoms with van der Waals surface area (Å²) in [5.41, 5.74) is 3.45. The second kappa shape index (κ2) is 5.67. The number of rotatable bonds is 2. The first-order valence-corrected chi connectivity index (χ1v) is 7.84. The highest BCUT2D eigenvalue weighted by atomic mass is 16.3. The zero-order valence-corrected chi connectivity index (χ0v) is 13.6. The molecule has 1 saturated carbocycles. The van der Waals surface area contributed by atoms with Gasteiger partial charge >= 0.3 is 0 Å². The molecule has 0 aliphatic heterocycles. The predicted molar refractivity (Wildman–Crippen MR) is 86.4 cm³/mol. The zero-order valence-electron chi connectivity index (χ0n) is 13.6. The average Bonchev–Trinajstić information content (AvgIpc) is 2.39. The van der Waals surface area contributed by atoms with E-state index in [1.54, 1.807) is 0 Å². The van der Waals surface area contributed by atoms with Crippen LogP contribution in [0, 0.1) is 25.2 Å². The average molecular weight is 275 g/mol. The summed E-state index contributed by atoms with van der Waals surface area (Å²) in [6.07, 6.45) is 5.07. The molecule has 0 saturated heterocycles. The van der Waals surface area contributed by atoms with Gasteiger partial charge in [-0.15, -0.1) is 0 Å². The molecule has 0 amide bonds. The van der Waals surface area contributed by atoms with Gasteiger partial charge in [0.1, 0.15) is 5.75 Å². The number of benzene rings is 1. The van der Waals surface area contributed by atoms with Crippen LogP contribution in [0.25, 0.3) is 0 Å². The quantitative estimate of drug-likeness (QED) is 0.793. The smallest absolute Gasteiger partial charge is 0.123 e. The maximum absolute atomic E-state index is 10.0. The van der Waals surface area contributed by atoms with E-state index in [9.17, 15) is 5.11 Å². The normalized spacial score (nSPS) is 23.6. The highest BCUT2D eigenvalue weighted by molar-refractivity contribution is 5.59. The predicted octanol–water partition coefficient (Wildman–Crippen LogP) is 5.03. The molecule has 0 aromatic heterocycles. The van der Waals surface area contributed by atoms with Crippen molar-refractivity contribution in [2.75, 3.05) is 5.32 Å². The van der Waals surface area contributed by atoms with Crippen molar-refractivity contribution < 1.29 is 5.11 Å². The summed E-state index contributed by atoms with van der Waals surface area (Å²) in [5, 5.41) is 13.7. The van der Waals surface area contributed by atoms with Crippen molar-refractivity contribution in [1.29, 1.82) is 0 Å². The lowest BCUT2D eigenvalue weighted by Gasteiger charge is -2.37. The molecule has 2 rings (SSSR count). The van der Waals surface area contributed by atoms with E-state index in [2.05, 4.69) is 32.2 Å². The topological polar surface area (TPSA) is 32.3 Å². The van der Waals surface area contributed by atoms with Crippen LogP contribution in [0.1, 0.15) is 57.6 Å². The Labute approximate surface area is 123 Å². The number of aryl methyl sites for hydroxylation is 1. The summed E-state index contributed by atoms with van der Waals surface area (Å²) in [6, 6.07) is 4.64. The maximum Gasteiger partial charge on any atom is 0.123 e. The summed E-state index contributed by atoms with van der Waals surface area (Å²) < 4.78 is 0. The number of aromatic hydroxyl groups is 1. The van der Waals surface area contributed by atoms with Crippen molar-refractivity contribution in [2.24, 2.45) is 11.3 Å². The minimum absolute atomic E-state index is 0.429. The molecule has 1 aliphatic carbocycles. The van der Waals surface area contributed by atoms with Crippen molar-refractivity contribution in [1.82, 2.24) is 0 Å². The van der Waals surface area contributed by atoms with Crippen molar-refractivity contribution >= 4 is 5.69 Å². The molecule has 0 heterocycles. The molecule has 2 N–H and O–H groups in total. The SMILES string of the molecule is Cc1ccc(NC2CCC(C(C)(C)C)CC2)c(C)c1O. The first-order chi connectivity index (χ1) is 9.29. The van der Waals surface area contributed by atoms with Crippen LogP contribution in [0.4, 0.5) is 5.69 Å². The van der Waals surface area contributed by atoms with Gasteiger partial charge in [-0.2, -0.15) is 0 Å². The molecule has 0 radical (unpaired) electrons. The van der Waals surface area contributed by atoms with Gasteiger partial charge in [0.05, 0.1) is 0 Å². The molecule has 1 aromatic carbocycles. The molecule has 2 nitrogen and oxygen atoms in total. The Morgan fingerprint density at radius 2 is 1.65 bits per heavy atom. The third-order valence-electron chi connectivity index (χ3n) is 4.94. The minimum atomic E-state index is 0.429. The molecule has 112 valence electrons. The van der Waals surface area contributed by atoms with Crippen LogP contribution in [0.15, 0.2) is 12.1 Å². The molecule has 20 heavy (non-hydrogen) atoms. The Bertz CT molecular complexity index is 465. The lowest BCUT2D eigenvalue weighted by Crippen LogP contribution is -2.31. The summed E-state index contributed by atoms with van der Waals surface area (Å²) in [5.74, 6) is 1.27. The van der Waals surface area contributed by atoms with Crippen LogP contribution in [-0.4, -0.2) is 11.1 Å². The van der Waals surface area contributed by atoms with Gasteiger partial charge < -0.3 is 10.4 Å². The largest absolute Gasteiger partial charge is 0.507 e. The fourth-order valence-electron chi connectivity index (χ4n) is 3.32. The minimum Gasteiger partial charge on any atom is -0.507 e. The fraction of sp³-hybridized carbons (Fsp3) is 0.667. The van der Waals surface area contributed by atoms with Gasteiger partial charge in [-0.1, -0.05) is 26.8 Å². The monoisotopic (exact) mass is 275 g/mol. The third-order valence-corrected chi connectivity index (χ3v) is 4.94. The van der Waals surface area contributed by atoms with Gasteiger partial charge in [-0.3, -0.25) is 0 Å². The fourth-order valence-corrected chi connectivity index (χ4v) is 3.32. The highest BCUT2D eigenvalue weighted by Crippen LogP contribution is 2.39. The molecular formula is C18H29NO. The highest BCUT2D eigenvalue weighted by Gasteiger charge is 2.29. The number of phenolic OH excluding ortho intramolecular Hbond substituents is 1. The summed E-state index contributed by atoms with van der Waals surface area (Å²) in [7, 11) is 0. The van der Waals surface area contributed by atoms with Crippen LogP contribution in [0.3, 0.4) is 0 Å². The number of hydrogen-bond acceptors (Lipinski definition) is 2. The van der Waals surface area contributed by atoms with E-state index in [0.29, 0.717) is 17.2 Å². The van der Waals surface area contributed by atoms with Crippen LogP contribution < -0.4 is 5.32 Å². The van der Waals surface area contributed by atoms with Gasteiger partial charge in [-0.25, -0.2) is 0 Å². The summed E-state index contributed by atoms with van der Waals surface area (Å²) >= 11 is 0. The lowest BCUT2D eigenvalue weighted by molar-refractivity contribution is 0.173. The number of hydrogen-bond donors (Lipinski definition) is 2. The molecule has 1 aromatic rings. The van der Waals surface area contributed by atoms with Crippen molar-refractivity contribution in [3.63, 3.8) is 0 Å². The van der Waals surface area contributed by atoms with E-state index in [0.717, 1.165) is 22.7 Å². The third kappa shape index (κ3) is 3.28. The second-order valence-electron chi connectivity index (χ2n) is 7.46. The Morgan fingerprint density at radius 3 is 2.20 bits per heavy atom. The van der Waals surface area contributed by atoms with E-state index >= 15 is 0 Å². The Balaban J connectivity index is 1.98. The molecule has 0 spiro atoms. The number of anilines is 1. The molecule has 2 heteroatoms. The van der Waals surface area contributed by atoms with Crippen molar-refractivity contribution in [3.8, 4) is 5.75 Å². The Hall–Kier alpha value is -1.18. The van der Waals surface area contributed by atoms with Crippen molar-refractivity contribution in [3.05, 3.63) is 23.3 Å². The van der Waals surface area contributed by atoms with Crippen LogP contribution in [-0.2, 0) is 0 Å². The molecule has 0 atom stereocenters. The zero-order chi connectivity index (χ0) is 14.9. The van der Waals surface area contributed by atoms with E-state index in [1.165, 1.54) is 25.7 Å². The van der Waals surface area contributed by atoms with Crippen molar-refractivity contribution in [2.45, 2.75) is 66.3 Å². The Morgan fingerprint density at radius 1 is 1.05 bits per heavy atom. The maximum atomic E-state index is 10.0. The van der Waals surface area contributed by atoms with Crippen LogP contribution >= 0.6 is 0 Å². The lowest BCUT2D eigenvalue weighted by atomic mass is 9.71. The van der Waals surface area contributed by atoms with Gasteiger partial charge in [-0.05, 0) is 62.5 Å². The van der Waals surface area contributed by atoms with Gasteiger partial charge in [0.25, 0.3) is 0 Å². The van der Waals surface area contributed by atoms with E-state index in [-0.39, 0.29) is 0 Å². The van der Waals surface area contributed by atoms with Gasteiger partial charge in [0.2, 0.25) is 0 Å². The number of nitrogens with one attached hydrogen (secondary N) is 1. The van der Waals surface area contributed by atoms with Crippen LogP contribution in [0.2, 0.25) is 0 Å². The summed E-state index contributed by atoms with van der Waals surface area (Å²) in [6.45, 7) is 11.0. The first kappa shape index (κ1) is 15.2. The standard InChI is InChI=1S/C18H29NO/c1-12-6-11-16(13(2)17(12)20)19-15-9-7-14(8-10-15)18(3,4)5/h6,11,14-15,19-20H,7-10H2,1-5H3. The van der Waals surface area contributed by atoms with E-state index < -0.39 is 0 Å².